The number of aromatic nitrogens is 1. The molecule has 0 spiro atoms. The first kappa shape index (κ1) is 18.6. The highest BCUT2D eigenvalue weighted by atomic mass is 35.5. The van der Waals surface area contributed by atoms with Crippen molar-refractivity contribution in [3.63, 3.8) is 0 Å². The van der Waals surface area contributed by atoms with Crippen molar-refractivity contribution < 1.29 is 13.2 Å². The highest BCUT2D eigenvalue weighted by Crippen LogP contribution is 2.30. The lowest BCUT2D eigenvalue weighted by atomic mass is 10.1. The van der Waals surface area contributed by atoms with Crippen molar-refractivity contribution in [1.82, 2.24) is 4.57 Å². The lowest BCUT2D eigenvalue weighted by Crippen LogP contribution is -2.28. The molecule has 0 aliphatic rings. The predicted octanol–water partition coefficient (Wildman–Crippen LogP) is 3.58. The summed E-state index contributed by atoms with van der Waals surface area (Å²) in [4.78, 5) is 11.5. The Kier molecular flexibility index (Phi) is 6.52. The minimum Gasteiger partial charge on any atom is -0.317 e. The number of hydrogen-bond donors (Lipinski definition) is 2. The average molecular weight is 351 g/mol. The quantitative estimate of drug-likeness (QED) is 0.772. The molecule has 0 amide bonds. The van der Waals surface area contributed by atoms with E-state index in [2.05, 4.69) is 12.6 Å². The first-order valence-corrected chi connectivity index (χ1v) is 6.87. The van der Waals surface area contributed by atoms with Gasteiger partial charge in [0.05, 0.1) is 0 Å². The number of nitrogens with zero attached hydrogens (tertiary/aromatic N) is 1. The van der Waals surface area contributed by atoms with E-state index >= 15 is 0 Å². The van der Waals surface area contributed by atoms with Crippen molar-refractivity contribution in [2.75, 3.05) is 0 Å². The maximum absolute atomic E-state index is 12.1. The maximum Gasteiger partial charge on any atom is 0.407 e. The maximum atomic E-state index is 12.1. The second-order valence-corrected chi connectivity index (χ2v) is 5.36. The molecule has 2 rings (SSSR count). The van der Waals surface area contributed by atoms with Crippen LogP contribution in [0.5, 0.6) is 0 Å². The van der Waals surface area contributed by atoms with Crippen molar-refractivity contribution in [2.24, 2.45) is 12.8 Å². The Morgan fingerprint density at radius 2 is 1.73 bits per heavy atom. The van der Waals surface area contributed by atoms with E-state index in [1.54, 1.807) is 19.3 Å². The van der Waals surface area contributed by atoms with Gasteiger partial charge in [-0.2, -0.15) is 13.2 Å². The molecule has 0 unspecified atom stereocenters. The van der Waals surface area contributed by atoms with E-state index in [1.165, 1.54) is 34.9 Å². The SMILES string of the molecule is Cn1cc(S)ccc1=O.N[C@H](c1ccc(Cl)cc1)C(F)(F)F. The van der Waals surface area contributed by atoms with Crippen molar-refractivity contribution in [3.05, 3.63) is 63.5 Å². The second kappa shape index (κ2) is 7.71. The molecule has 1 aromatic carbocycles. The van der Waals surface area contributed by atoms with Gasteiger partial charge >= 0.3 is 6.18 Å². The Hall–Kier alpha value is -1.44. The average Bonchev–Trinajstić information content (AvgIpc) is 2.43. The fraction of sp³-hybridized carbons (Fsp3) is 0.214. The lowest BCUT2D eigenvalue weighted by Gasteiger charge is -2.15. The Balaban J connectivity index is 0.000000235. The van der Waals surface area contributed by atoms with E-state index in [-0.39, 0.29) is 11.1 Å². The van der Waals surface area contributed by atoms with Crippen LogP contribution in [0.4, 0.5) is 13.2 Å². The zero-order chi connectivity index (χ0) is 16.9. The first-order valence-electron chi connectivity index (χ1n) is 6.04. The van der Waals surface area contributed by atoms with Crippen molar-refractivity contribution in [1.29, 1.82) is 0 Å². The molecule has 0 saturated carbocycles. The minimum atomic E-state index is -4.41. The van der Waals surface area contributed by atoms with Crippen LogP contribution in [0.2, 0.25) is 5.02 Å². The minimum absolute atomic E-state index is 0.00667. The molecule has 2 aromatic rings. The molecule has 0 saturated heterocycles. The third-order valence-electron chi connectivity index (χ3n) is 2.65. The number of rotatable bonds is 1. The molecular weight excluding hydrogens is 337 g/mol. The fourth-order valence-electron chi connectivity index (χ4n) is 1.44. The molecule has 1 heterocycles. The number of alkyl halides is 3. The Morgan fingerprint density at radius 1 is 1.18 bits per heavy atom. The van der Waals surface area contributed by atoms with Gasteiger partial charge in [0.2, 0.25) is 5.56 Å². The standard InChI is InChI=1S/C8H7ClF3N.C6H7NOS/c9-6-3-1-5(2-4-6)7(13)8(10,11)12;1-7-4-5(9)2-3-6(7)8/h1-4,7H,13H2;2-4,9H,1H3/t7-;/m1./s1. The van der Waals surface area contributed by atoms with Crippen LogP contribution in [-0.2, 0) is 7.05 Å². The van der Waals surface area contributed by atoms with Gasteiger partial charge in [-0.05, 0) is 23.8 Å². The van der Waals surface area contributed by atoms with Gasteiger partial charge in [-0.25, -0.2) is 0 Å². The van der Waals surface area contributed by atoms with Crippen LogP contribution in [0.25, 0.3) is 0 Å². The van der Waals surface area contributed by atoms with Gasteiger partial charge in [-0.3, -0.25) is 4.79 Å². The summed E-state index contributed by atoms with van der Waals surface area (Å²) in [6.07, 6.45) is -2.74. The van der Waals surface area contributed by atoms with Crippen LogP contribution >= 0.6 is 24.2 Å². The van der Waals surface area contributed by atoms with Crippen LogP contribution < -0.4 is 11.3 Å². The summed E-state index contributed by atoms with van der Waals surface area (Å²) in [5.74, 6) is 0. The molecule has 1 atom stereocenters. The van der Waals surface area contributed by atoms with Gasteiger partial charge in [0, 0.05) is 29.2 Å². The van der Waals surface area contributed by atoms with Crippen molar-refractivity contribution in [3.8, 4) is 0 Å². The lowest BCUT2D eigenvalue weighted by molar-refractivity contribution is -0.149. The van der Waals surface area contributed by atoms with Crippen molar-refractivity contribution >= 4 is 24.2 Å². The van der Waals surface area contributed by atoms with Gasteiger partial charge in [0.25, 0.3) is 0 Å². The summed E-state index contributed by atoms with van der Waals surface area (Å²) >= 11 is 9.55. The predicted molar refractivity (Wildman–Crippen MR) is 83.4 cm³/mol. The van der Waals surface area contributed by atoms with Gasteiger partial charge < -0.3 is 10.3 Å². The molecule has 0 radical (unpaired) electrons. The highest BCUT2D eigenvalue weighted by molar-refractivity contribution is 7.80. The highest BCUT2D eigenvalue weighted by Gasteiger charge is 2.37. The van der Waals surface area contributed by atoms with E-state index < -0.39 is 12.2 Å². The van der Waals surface area contributed by atoms with E-state index in [4.69, 9.17) is 17.3 Å². The number of pyridine rings is 1. The largest absolute Gasteiger partial charge is 0.407 e. The van der Waals surface area contributed by atoms with Crippen molar-refractivity contribution in [2.45, 2.75) is 17.1 Å². The molecule has 0 fully saturated rings. The Morgan fingerprint density at radius 3 is 2.14 bits per heavy atom. The number of aryl methyl sites for hydroxylation is 1. The summed E-state index contributed by atoms with van der Waals surface area (Å²) in [5, 5.41) is 0.387. The van der Waals surface area contributed by atoms with Crippen LogP contribution in [-0.4, -0.2) is 10.7 Å². The van der Waals surface area contributed by atoms with Crippen LogP contribution in [0, 0.1) is 0 Å². The molecule has 120 valence electrons. The summed E-state index contributed by atoms with van der Waals surface area (Å²) in [7, 11) is 1.70. The monoisotopic (exact) mass is 350 g/mol. The molecule has 8 heteroatoms. The van der Waals surface area contributed by atoms with E-state index in [0.29, 0.717) is 5.02 Å². The molecule has 1 aromatic heterocycles. The third-order valence-corrected chi connectivity index (χ3v) is 3.17. The van der Waals surface area contributed by atoms with Gasteiger partial charge in [0.1, 0.15) is 6.04 Å². The number of benzene rings is 1. The Labute approximate surface area is 135 Å². The van der Waals surface area contributed by atoms with Gasteiger partial charge in [0.15, 0.2) is 0 Å². The van der Waals surface area contributed by atoms with E-state index in [0.717, 1.165) is 4.90 Å². The fourth-order valence-corrected chi connectivity index (χ4v) is 1.81. The zero-order valence-electron chi connectivity index (χ0n) is 11.5. The first-order chi connectivity index (χ1) is 10.1. The molecule has 22 heavy (non-hydrogen) atoms. The second-order valence-electron chi connectivity index (χ2n) is 4.41. The van der Waals surface area contributed by atoms with Gasteiger partial charge in [-0.1, -0.05) is 23.7 Å². The number of thiol groups is 1. The normalized spacial score (nSPS) is 12.3. The van der Waals surface area contributed by atoms with E-state index in [1.807, 2.05) is 0 Å². The molecule has 0 bridgehead atoms. The van der Waals surface area contributed by atoms with Crippen LogP contribution in [0.1, 0.15) is 11.6 Å². The third kappa shape index (κ3) is 5.75. The number of halogens is 4. The summed E-state index contributed by atoms with van der Waals surface area (Å²) < 4.78 is 37.7. The van der Waals surface area contributed by atoms with E-state index in [9.17, 15) is 18.0 Å². The smallest absolute Gasteiger partial charge is 0.317 e. The molecular formula is C14H14ClF3N2OS. The number of nitrogens with two attached hydrogens (primary N) is 1. The topological polar surface area (TPSA) is 48.0 Å². The Bertz CT molecular complexity index is 671. The summed E-state index contributed by atoms with van der Waals surface area (Å²) in [6, 6.07) is 6.50. The number of hydrogen-bond acceptors (Lipinski definition) is 3. The van der Waals surface area contributed by atoms with Crippen LogP contribution in [0.15, 0.2) is 52.3 Å². The summed E-state index contributed by atoms with van der Waals surface area (Å²) in [5.41, 5.74) is 4.96. The molecule has 3 nitrogen and oxygen atoms in total. The zero-order valence-corrected chi connectivity index (χ0v) is 13.2. The summed E-state index contributed by atoms with van der Waals surface area (Å²) in [6.45, 7) is 0. The molecule has 0 aliphatic carbocycles. The van der Waals surface area contributed by atoms with Crippen LogP contribution in [0.3, 0.4) is 0 Å². The molecule has 0 aliphatic heterocycles. The molecule has 2 N–H and O–H groups in total. The van der Waals surface area contributed by atoms with Gasteiger partial charge in [-0.15, -0.1) is 12.6 Å².